The molecule has 0 radical (unpaired) electrons. The van der Waals surface area contributed by atoms with E-state index in [-0.39, 0.29) is 11.7 Å². The number of carbonyl (C=O) groups is 1. The van der Waals surface area contributed by atoms with Crippen LogP contribution in [0.25, 0.3) is 0 Å². The second kappa shape index (κ2) is 5.10. The van der Waals surface area contributed by atoms with Gasteiger partial charge in [0.15, 0.2) is 0 Å². The molecule has 0 aliphatic heterocycles. The van der Waals surface area contributed by atoms with Crippen LogP contribution in [0.1, 0.15) is 15.9 Å². The fourth-order valence-electron chi connectivity index (χ4n) is 1.53. The molecule has 0 heterocycles. The molecule has 3 nitrogen and oxygen atoms in total. The summed E-state index contributed by atoms with van der Waals surface area (Å²) >= 11 is 5.90. The van der Waals surface area contributed by atoms with Crippen molar-refractivity contribution in [3.05, 3.63) is 58.6 Å². The van der Waals surface area contributed by atoms with E-state index in [4.69, 9.17) is 16.7 Å². The molecule has 0 unspecified atom stereocenters. The van der Waals surface area contributed by atoms with Gasteiger partial charge in [0.2, 0.25) is 0 Å². The van der Waals surface area contributed by atoms with Gasteiger partial charge in [0, 0.05) is 16.3 Å². The minimum Gasteiger partial charge on any atom is -0.508 e. The van der Waals surface area contributed by atoms with E-state index in [1.807, 2.05) is 6.92 Å². The number of phenolic OH excluding ortho intramolecular Hbond substituents is 1. The van der Waals surface area contributed by atoms with Gasteiger partial charge in [-0.1, -0.05) is 11.6 Å². The fraction of sp³-hybridized carbons (Fsp3) is 0.0714. The lowest BCUT2D eigenvalue weighted by Crippen LogP contribution is -2.11. The zero-order chi connectivity index (χ0) is 13.1. The molecule has 0 aliphatic carbocycles. The maximum atomic E-state index is 11.9. The summed E-state index contributed by atoms with van der Waals surface area (Å²) < 4.78 is 0. The van der Waals surface area contributed by atoms with Crippen molar-refractivity contribution >= 4 is 23.2 Å². The number of carbonyl (C=O) groups excluding carboxylic acids is 1. The lowest BCUT2D eigenvalue weighted by Gasteiger charge is -2.06. The average molecular weight is 262 g/mol. The topological polar surface area (TPSA) is 49.3 Å². The highest BCUT2D eigenvalue weighted by molar-refractivity contribution is 6.31. The number of anilines is 1. The standard InChI is InChI=1S/C14H12ClNO2/c1-9-8-10(2-7-13(9)15)14(18)16-11-3-5-12(17)6-4-11/h2-8,17H,1H3,(H,16,18). The number of halogens is 1. The molecule has 1 amide bonds. The number of hydrogen-bond donors (Lipinski definition) is 2. The van der Waals surface area contributed by atoms with Crippen LogP contribution in [0, 0.1) is 6.92 Å². The molecule has 0 saturated carbocycles. The Bertz CT molecular complexity index is 579. The van der Waals surface area contributed by atoms with Crippen LogP contribution in [0.15, 0.2) is 42.5 Å². The summed E-state index contributed by atoms with van der Waals surface area (Å²) in [4.78, 5) is 11.9. The van der Waals surface area contributed by atoms with Crippen molar-refractivity contribution in [3.63, 3.8) is 0 Å². The predicted octanol–water partition coefficient (Wildman–Crippen LogP) is 3.61. The third-order valence-electron chi connectivity index (χ3n) is 2.55. The summed E-state index contributed by atoms with van der Waals surface area (Å²) in [5.41, 5.74) is 2.03. The minimum atomic E-state index is -0.208. The Kier molecular flexibility index (Phi) is 3.53. The molecule has 0 fully saturated rings. The average Bonchev–Trinajstić information content (AvgIpc) is 2.35. The summed E-state index contributed by atoms with van der Waals surface area (Å²) in [7, 11) is 0. The van der Waals surface area contributed by atoms with Gasteiger partial charge in [0.25, 0.3) is 5.91 Å². The number of aryl methyl sites for hydroxylation is 1. The van der Waals surface area contributed by atoms with Crippen molar-refractivity contribution in [1.29, 1.82) is 0 Å². The molecule has 0 aliphatic rings. The molecule has 2 aromatic rings. The number of benzene rings is 2. The normalized spacial score (nSPS) is 10.1. The van der Waals surface area contributed by atoms with Crippen LogP contribution in [0.4, 0.5) is 5.69 Å². The second-order valence-corrected chi connectivity index (χ2v) is 4.37. The van der Waals surface area contributed by atoms with Gasteiger partial charge in [-0.2, -0.15) is 0 Å². The Morgan fingerprint density at radius 3 is 2.44 bits per heavy atom. The van der Waals surface area contributed by atoms with E-state index in [1.165, 1.54) is 12.1 Å². The summed E-state index contributed by atoms with van der Waals surface area (Å²) in [6.07, 6.45) is 0. The maximum absolute atomic E-state index is 11.9. The van der Waals surface area contributed by atoms with Gasteiger partial charge < -0.3 is 10.4 Å². The zero-order valence-electron chi connectivity index (χ0n) is 9.77. The highest BCUT2D eigenvalue weighted by Gasteiger charge is 2.07. The molecule has 2 N–H and O–H groups in total. The number of amides is 1. The summed E-state index contributed by atoms with van der Waals surface area (Å²) in [6, 6.07) is 11.4. The number of aromatic hydroxyl groups is 1. The van der Waals surface area contributed by atoms with Crippen molar-refractivity contribution in [3.8, 4) is 5.75 Å². The SMILES string of the molecule is Cc1cc(C(=O)Nc2ccc(O)cc2)ccc1Cl. The smallest absolute Gasteiger partial charge is 0.255 e. The van der Waals surface area contributed by atoms with Crippen LogP contribution in [-0.2, 0) is 0 Å². The predicted molar refractivity (Wildman–Crippen MR) is 72.2 cm³/mol. The van der Waals surface area contributed by atoms with E-state index in [9.17, 15) is 4.79 Å². The van der Waals surface area contributed by atoms with Crippen LogP contribution in [0.2, 0.25) is 5.02 Å². The van der Waals surface area contributed by atoms with Crippen molar-refractivity contribution in [1.82, 2.24) is 0 Å². The molecule has 0 bridgehead atoms. The highest BCUT2D eigenvalue weighted by Crippen LogP contribution is 2.18. The molecule has 0 atom stereocenters. The Morgan fingerprint density at radius 2 is 1.83 bits per heavy atom. The quantitative estimate of drug-likeness (QED) is 0.812. The lowest BCUT2D eigenvalue weighted by molar-refractivity contribution is 0.102. The molecule has 2 aromatic carbocycles. The zero-order valence-corrected chi connectivity index (χ0v) is 10.5. The highest BCUT2D eigenvalue weighted by atomic mass is 35.5. The van der Waals surface area contributed by atoms with Gasteiger partial charge in [0.1, 0.15) is 5.75 Å². The van der Waals surface area contributed by atoms with Crippen LogP contribution in [-0.4, -0.2) is 11.0 Å². The van der Waals surface area contributed by atoms with E-state index >= 15 is 0 Å². The number of hydrogen-bond acceptors (Lipinski definition) is 2. The fourth-order valence-corrected chi connectivity index (χ4v) is 1.65. The van der Waals surface area contributed by atoms with E-state index < -0.39 is 0 Å². The van der Waals surface area contributed by atoms with Crippen LogP contribution >= 0.6 is 11.6 Å². The number of rotatable bonds is 2. The molecule has 18 heavy (non-hydrogen) atoms. The first-order chi connectivity index (χ1) is 8.56. The first-order valence-electron chi connectivity index (χ1n) is 5.43. The number of phenols is 1. The number of nitrogens with one attached hydrogen (secondary N) is 1. The van der Waals surface area contributed by atoms with Gasteiger partial charge in [-0.05, 0) is 55.0 Å². The second-order valence-electron chi connectivity index (χ2n) is 3.96. The Hall–Kier alpha value is -2.00. The largest absolute Gasteiger partial charge is 0.508 e. The monoisotopic (exact) mass is 261 g/mol. The molecule has 0 spiro atoms. The lowest BCUT2D eigenvalue weighted by atomic mass is 10.1. The van der Waals surface area contributed by atoms with Gasteiger partial charge in [-0.3, -0.25) is 4.79 Å². The van der Waals surface area contributed by atoms with Gasteiger partial charge >= 0.3 is 0 Å². The molecule has 0 saturated heterocycles. The first-order valence-corrected chi connectivity index (χ1v) is 5.80. The third kappa shape index (κ3) is 2.81. The van der Waals surface area contributed by atoms with E-state index in [0.29, 0.717) is 16.3 Å². The summed E-state index contributed by atoms with van der Waals surface area (Å²) in [6.45, 7) is 1.85. The Labute approximate surface area is 110 Å². The molecular weight excluding hydrogens is 250 g/mol. The molecule has 2 rings (SSSR count). The van der Waals surface area contributed by atoms with Crippen molar-refractivity contribution in [2.75, 3.05) is 5.32 Å². The molecule has 92 valence electrons. The Morgan fingerprint density at radius 1 is 1.17 bits per heavy atom. The van der Waals surface area contributed by atoms with Crippen LogP contribution in [0.3, 0.4) is 0 Å². The minimum absolute atomic E-state index is 0.162. The molecule has 4 heteroatoms. The molecule has 0 aromatic heterocycles. The van der Waals surface area contributed by atoms with E-state index in [0.717, 1.165) is 5.56 Å². The summed E-state index contributed by atoms with van der Waals surface area (Å²) in [5.74, 6) is -0.0456. The van der Waals surface area contributed by atoms with E-state index in [1.54, 1.807) is 30.3 Å². The van der Waals surface area contributed by atoms with Crippen molar-refractivity contribution in [2.45, 2.75) is 6.92 Å². The first kappa shape index (κ1) is 12.5. The van der Waals surface area contributed by atoms with Crippen LogP contribution in [0.5, 0.6) is 5.75 Å². The van der Waals surface area contributed by atoms with Crippen molar-refractivity contribution in [2.24, 2.45) is 0 Å². The van der Waals surface area contributed by atoms with Crippen LogP contribution < -0.4 is 5.32 Å². The summed E-state index contributed by atoms with van der Waals surface area (Å²) in [5, 5.41) is 12.5. The van der Waals surface area contributed by atoms with Gasteiger partial charge in [0.05, 0.1) is 0 Å². The van der Waals surface area contributed by atoms with Crippen molar-refractivity contribution < 1.29 is 9.90 Å². The third-order valence-corrected chi connectivity index (χ3v) is 2.97. The van der Waals surface area contributed by atoms with Gasteiger partial charge in [-0.15, -0.1) is 0 Å². The van der Waals surface area contributed by atoms with Gasteiger partial charge in [-0.25, -0.2) is 0 Å². The Balaban J connectivity index is 2.16. The molecular formula is C14H12ClNO2. The maximum Gasteiger partial charge on any atom is 0.255 e. The van der Waals surface area contributed by atoms with E-state index in [2.05, 4.69) is 5.32 Å².